The first kappa shape index (κ1) is 19.5. The number of carbonyl (C=O) groups excluding carboxylic acids is 1. The number of amides is 1. The Morgan fingerprint density at radius 3 is 2.45 bits per heavy atom. The maximum absolute atomic E-state index is 12.8. The molecule has 0 saturated carbocycles. The van der Waals surface area contributed by atoms with Crippen LogP contribution in [0.5, 0.6) is 0 Å². The Morgan fingerprint density at radius 2 is 1.68 bits per heavy atom. The van der Waals surface area contributed by atoms with E-state index >= 15 is 0 Å². The van der Waals surface area contributed by atoms with Crippen LogP contribution >= 0.6 is 11.8 Å². The van der Waals surface area contributed by atoms with Gasteiger partial charge in [-0.05, 0) is 36.4 Å². The van der Waals surface area contributed by atoms with E-state index in [1.165, 1.54) is 17.4 Å². The van der Waals surface area contributed by atoms with Gasteiger partial charge in [0.25, 0.3) is 0 Å². The Kier molecular flexibility index (Phi) is 5.49. The molecule has 1 amide bonds. The minimum atomic E-state index is 0.107. The number of piperazine rings is 1. The van der Waals surface area contributed by atoms with Crippen molar-refractivity contribution in [2.24, 2.45) is 0 Å². The Balaban J connectivity index is 1.22. The molecule has 1 saturated heterocycles. The average Bonchev–Trinajstić information content (AvgIpc) is 3.26. The molecule has 1 aliphatic rings. The molecular formula is C22H21N7OS. The van der Waals surface area contributed by atoms with E-state index in [4.69, 9.17) is 0 Å². The molecular weight excluding hydrogens is 410 g/mol. The van der Waals surface area contributed by atoms with E-state index in [2.05, 4.69) is 37.3 Å². The predicted octanol–water partition coefficient (Wildman–Crippen LogP) is 2.63. The lowest BCUT2D eigenvalue weighted by Crippen LogP contribution is -2.49. The SMILES string of the molecule is O=C(CSc1nnc2ccc(-c3ccccn3)nn12)N1CCN(c2ccccc2)CC1. The molecule has 5 rings (SSSR count). The van der Waals surface area contributed by atoms with Gasteiger partial charge in [-0.3, -0.25) is 9.78 Å². The van der Waals surface area contributed by atoms with Crippen molar-refractivity contribution >= 4 is 29.0 Å². The molecule has 9 heteroatoms. The molecule has 8 nitrogen and oxygen atoms in total. The summed E-state index contributed by atoms with van der Waals surface area (Å²) in [4.78, 5) is 21.3. The van der Waals surface area contributed by atoms with Crippen LogP contribution in [0.1, 0.15) is 0 Å². The summed E-state index contributed by atoms with van der Waals surface area (Å²) in [5.74, 6) is 0.414. The third kappa shape index (κ3) is 4.22. The fraction of sp³-hybridized carbons (Fsp3) is 0.227. The maximum Gasteiger partial charge on any atom is 0.233 e. The van der Waals surface area contributed by atoms with E-state index in [9.17, 15) is 4.79 Å². The monoisotopic (exact) mass is 431 g/mol. The van der Waals surface area contributed by atoms with Gasteiger partial charge in [0.15, 0.2) is 5.65 Å². The summed E-state index contributed by atoms with van der Waals surface area (Å²) in [6, 6.07) is 19.7. The number of para-hydroxylation sites is 1. The highest BCUT2D eigenvalue weighted by atomic mass is 32.2. The van der Waals surface area contributed by atoms with Crippen LogP contribution in [0.4, 0.5) is 5.69 Å². The number of carbonyl (C=O) groups is 1. The number of fused-ring (bicyclic) bond motifs is 1. The van der Waals surface area contributed by atoms with Gasteiger partial charge in [-0.2, -0.15) is 9.61 Å². The van der Waals surface area contributed by atoms with Crippen molar-refractivity contribution in [3.63, 3.8) is 0 Å². The molecule has 0 unspecified atom stereocenters. The normalized spacial score (nSPS) is 14.2. The van der Waals surface area contributed by atoms with Crippen LogP contribution in [-0.4, -0.2) is 67.5 Å². The topological polar surface area (TPSA) is 79.5 Å². The quantitative estimate of drug-likeness (QED) is 0.450. The smallest absolute Gasteiger partial charge is 0.233 e. The van der Waals surface area contributed by atoms with E-state index in [0.717, 1.165) is 37.6 Å². The minimum Gasteiger partial charge on any atom is -0.368 e. The van der Waals surface area contributed by atoms with Crippen molar-refractivity contribution in [3.05, 3.63) is 66.9 Å². The largest absolute Gasteiger partial charge is 0.368 e. The molecule has 1 aliphatic heterocycles. The first-order chi connectivity index (χ1) is 15.3. The summed E-state index contributed by atoms with van der Waals surface area (Å²) in [7, 11) is 0. The second-order valence-electron chi connectivity index (χ2n) is 7.18. The minimum absolute atomic E-state index is 0.107. The van der Waals surface area contributed by atoms with Crippen LogP contribution in [0.2, 0.25) is 0 Å². The van der Waals surface area contributed by atoms with Crippen LogP contribution in [0, 0.1) is 0 Å². The number of hydrogen-bond acceptors (Lipinski definition) is 7. The van der Waals surface area contributed by atoms with Crippen LogP contribution in [0.25, 0.3) is 17.0 Å². The fourth-order valence-electron chi connectivity index (χ4n) is 3.58. The van der Waals surface area contributed by atoms with Crippen molar-refractivity contribution in [2.75, 3.05) is 36.8 Å². The van der Waals surface area contributed by atoms with Gasteiger partial charge in [0.1, 0.15) is 5.69 Å². The molecule has 156 valence electrons. The van der Waals surface area contributed by atoms with Crippen molar-refractivity contribution in [2.45, 2.75) is 5.16 Å². The van der Waals surface area contributed by atoms with Gasteiger partial charge in [0.2, 0.25) is 11.1 Å². The van der Waals surface area contributed by atoms with Gasteiger partial charge in [-0.1, -0.05) is 36.0 Å². The summed E-state index contributed by atoms with van der Waals surface area (Å²) < 4.78 is 1.68. The highest BCUT2D eigenvalue weighted by Gasteiger charge is 2.22. The Bertz CT molecular complexity index is 1170. The van der Waals surface area contributed by atoms with E-state index < -0.39 is 0 Å². The number of pyridine rings is 1. The molecule has 1 fully saturated rings. The fourth-order valence-corrected chi connectivity index (χ4v) is 4.37. The zero-order valence-electron chi connectivity index (χ0n) is 16.8. The second-order valence-corrected chi connectivity index (χ2v) is 8.12. The maximum atomic E-state index is 12.8. The molecule has 0 bridgehead atoms. The van der Waals surface area contributed by atoms with Crippen molar-refractivity contribution in [3.8, 4) is 11.4 Å². The van der Waals surface area contributed by atoms with Crippen LogP contribution in [-0.2, 0) is 4.79 Å². The molecule has 3 aromatic heterocycles. The molecule has 0 radical (unpaired) electrons. The Hall–Kier alpha value is -3.46. The Morgan fingerprint density at radius 1 is 0.871 bits per heavy atom. The molecule has 0 atom stereocenters. The van der Waals surface area contributed by atoms with E-state index in [1.807, 2.05) is 53.4 Å². The summed E-state index contributed by atoms with van der Waals surface area (Å²) in [5.41, 5.74) is 3.36. The zero-order valence-corrected chi connectivity index (χ0v) is 17.6. The van der Waals surface area contributed by atoms with Crippen LogP contribution in [0.15, 0.2) is 72.0 Å². The van der Waals surface area contributed by atoms with Gasteiger partial charge in [0.05, 0.1) is 11.4 Å². The molecule has 0 aliphatic carbocycles. The molecule has 4 heterocycles. The lowest BCUT2D eigenvalue weighted by Gasteiger charge is -2.36. The first-order valence-electron chi connectivity index (χ1n) is 10.1. The average molecular weight is 432 g/mol. The molecule has 4 aromatic rings. The number of aromatic nitrogens is 5. The third-order valence-corrected chi connectivity index (χ3v) is 6.14. The number of hydrogen-bond donors (Lipinski definition) is 0. The van der Waals surface area contributed by atoms with Crippen LogP contribution < -0.4 is 4.90 Å². The number of rotatable bonds is 5. The van der Waals surface area contributed by atoms with Gasteiger partial charge in [-0.25, -0.2) is 0 Å². The lowest BCUT2D eigenvalue weighted by atomic mass is 10.2. The molecule has 0 spiro atoms. The van der Waals surface area contributed by atoms with Crippen molar-refractivity contribution in [1.29, 1.82) is 0 Å². The standard InChI is InChI=1S/C22H21N7OS/c30-21(28-14-12-27(13-15-28)17-6-2-1-3-7-17)16-31-22-25-24-20-10-9-19(26-29(20)22)18-8-4-5-11-23-18/h1-11H,12-16H2. The van der Waals surface area contributed by atoms with Crippen molar-refractivity contribution < 1.29 is 4.79 Å². The van der Waals surface area contributed by atoms with E-state index in [1.54, 1.807) is 10.7 Å². The Labute approximate surface area is 183 Å². The molecule has 0 N–H and O–H groups in total. The van der Waals surface area contributed by atoms with Crippen molar-refractivity contribution in [1.82, 2.24) is 29.7 Å². The van der Waals surface area contributed by atoms with Gasteiger partial charge >= 0.3 is 0 Å². The van der Waals surface area contributed by atoms with Crippen LogP contribution in [0.3, 0.4) is 0 Å². The van der Waals surface area contributed by atoms with E-state index in [-0.39, 0.29) is 5.91 Å². The highest BCUT2D eigenvalue weighted by Crippen LogP contribution is 2.21. The highest BCUT2D eigenvalue weighted by molar-refractivity contribution is 7.99. The number of nitrogens with zero attached hydrogens (tertiary/aromatic N) is 7. The number of benzene rings is 1. The summed E-state index contributed by atoms with van der Waals surface area (Å²) in [6.45, 7) is 3.11. The van der Waals surface area contributed by atoms with E-state index in [0.29, 0.717) is 16.6 Å². The van der Waals surface area contributed by atoms with Gasteiger partial charge in [-0.15, -0.1) is 10.2 Å². The predicted molar refractivity (Wildman–Crippen MR) is 120 cm³/mol. The molecule has 31 heavy (non-hydrogen) atoms. The zero-order chi connectivity index (χ0) is 21.0. The number of thioether (sulfide) groups is 1. The second kappa shape index (κ2) is 8.73. The van der Waals surface area contributed by atoms with Gasteiger partial charge in [0, 0.05) is 38.1 Å². The summed E-state index contributed by atoms with van der Waals surface area (Å²) in [5, 5.41) is 13.6. The summed E-state index contributed by atoms with van der Waals surface area (Å²) in [6.07, 6.45) is 1.74. The van der Waals surface area contributed by atoms with Gasteiger partial charge < -0.3 is 9.80 Å². The number of anilines is 1. The molecule has 1 aromatic carbocycles. The summed E-state index contributed by atoms with van der Waals surface area (Å²) >= 11 is 1.36. The first-order valence-corrected chi connectivity index (χ1v) is 11.1. The lowest BCUT2D eigenvalue weighted by molar-refractivity contribution is -0.128. The third-order valence-electron chi connectivity index (χ3n) is 5.24.